The molecule has 4 amide bonds. The van der Waals surface area contributed by atoms with E-state index in [0.29, 0.717) is 12.8 Å². The van der Waals surface area contributed by atoms with Gasteiger partial charge < -0.3 is 25.2 Å². The normalized spacial score (nSPS) is 13.1. The van der Waals surface area contributed by atoms with Crippen LogP contribution in [0, 0.1) is 0 Å². The highest BCUT2D eigenvalue weighted by Crippen LogP contribution is 2.23. The quantitative estimate of drug-likeness (QED) is 0.266. The molecule has 0 aliphatic heterocycles. The second-order valence-electron chi connectivity index (χ2n) is 13.2. The van der Waals surface area contributed by atoms with Gasteiger partial charge in [-0.15, -0.1) is 0 Å². The highest BCUT2D eigenvalue weighted by molar-refractivity contribution is 5.95. The lowest BCUT2D eigenvalue weighted by Gasteiger charge is -2.34. The summed E-state index contributed by atoms with van der Waals surface area (Å²) in [5.74, 6) is -1.02. The molecule has 2 N–H and O–H groups in total. The van der Waals surface area contributed by atoms with Crippen molar-refractivity contribution in [2.45, 2.75) is 77.1 Å². The van der Waals surface area contributed by atoms with Gasteiger partial charge in [0.2, 0.25) is 17.7 Å². The topological polar surface area (TPSA) is 108 Å². The lowest BCUT2D eigenvalue weighted by molar-refractivity contribution is -0.146. The van der Waals surface area contributed by atoms with Crippen LogP contribution in [0.3, 0.4) is 0 Å². The Labute approximate surface area is 273 Å². The Balaban J connectivity index is 1.89. The zero-order chi connectivity index (χ0) is 34.1. The molecule has 3 aromatic carbocycles. The van der Waals surface area contributed by atoms with Crippen LogP contribution >= 0.6 is 0 Å². The summed E-state index contributed by atoms with van der Waals surface area (Å²) in [4.78, 5) is 56.2. The number of hydrogen-bond donors (Lipinski definition) is 2. The summed E-state index contributed by atoms with van der Waals surface area (Å²) in [6.07, 6.45) is 3.48. The number of nitrogens with zero attached hydrogens (tertiary/aromatic N) is 2. The number of alkyl carbamates (subject to hydrolysis) is 1. The molecule has 9 heteroatoms. The van der Waals surface area contributed by atoms with Crippen LogP contribution in [-0.2, 0) is 32.0 Å². The molecule has 0 fully saturated rings. The van der Waals surface area contributed by atoms with E-state index < -0.39 is 29.3 Å². The van der Waals surface area contributed by atoms with E-state index in [4.69, 9.17) is 4.74 Å². The molecule has 9 nitrogen and oxygen atoms in total. The van der Waals surface area contributed by atoms with Crippen LogP contribution in [0.15, 0.2) is 84.9 Å². The van der Waals surface area contributed by atoms with Gasteiger partial charge in [0.25, 0.3) is 0 Å². The van der Waals surface area contributed by atoms with Crippen LogP contribution in [0.1, 0.15) is 52.2 Å². The summed E-state index contributed by atoms with van der Waals surface area (Å²) in [5.41, 5.74) is 0.506. The van der Waals surface area contributed by atoms with Gasteiger partial charge in [-0.05, 0) is 69.0 Å². The third-order valence-electron chi connectivity index (χ3n) is 7.76. The molecule has 0 saturated heterocycles. The van der Waals surface area contributed by atoms with Crippen molar-refractivity contribution < 1.29 is 23.9 Å². The third-order valence-corrected chi connectivity index (χ3v) is 7.76. The van der Waals surface area contributed by atoms with Crippen molar-refractivity contribution in [3.63, 3.8) is 0 Å². The molecular weight excluding hydrogens is 580 g/mol. The average Bonchev–Trinajstić information content (AvgIpc) is 3.00. The van der Waals surface area contributed by atoms with Gasteiger partial charge in [-0.1, -0.05) is 78.9 Å². The molecule has 0 heterocycles. The van der Waals surface area contributed by atoms with E-state index in [0.717, 1.165) is 21.9 Å². The van der Waals surface area contributed by atoms with E-state index in [-0.39, 0.29) is 24.1 Å². The van der Waals surface area contributed by atoms with Crippen molar-refractivity contribution in [3.05, 3.63) is 96.1 Å². The van der Waals surface area contributed by atoms with Crippen molar-refractivity contribution in [2.24, 2.45) is 0 Å². The van der Waals surface area contributed by atoms with E-state index in [1.54, 1.807) is 48.0 Å². The maximum atomic E-state index is 14.3. The molecule has 0 aliphatic rings. The predicted octanol–water partition coefficient (Wildman–Crippen LogP) is 5.27. The summed E-state index contributed by atoms with van der Waals surface area (Å²) in [6, 6.07) is 21.7. The Morgan fingerprint density at radius 3 is 2.09 bits per heavy atom. The molecular formula is C37H48N4O5. The summed E-state index contributed by atoms with van der Waals surface area (Å²) in [5, 5.41) is 7.54. The number of likely N-dealkylation sites (N-methyl/N-ethyl adjacent to an activating group) is 3. The molecule has 0 aliphatic carbocycles. The summed E-state index contributed by atoms with van der Waals surface area (Å²) in [6.45, 7) is 9.05. The van der Waals surface area contributed by atoms with Crippen LogP contribution in [0.5, 0.6) is 0 Å². The second kappa shape index (κ2) is 15.6. The maximum absolute atomic E-state index is 14.3. The monoisotopic (exact) mass is 628 g/mol. The Hall–Kier alpha value is -4.66. The highest BCUT2D eigenvalue weighted by atomic mass is 16.6. The van der Waals surface area contributed by atoms with Crippen molar-refractivity contribution in [1.82, 2.24) is 20.4 Å². The molecule has 3 rings (SSSR count). The molecule has 0 bridgehead atoms. The minimum absolute atomic E-state index is 0.248. The van der Waals surface area contributed by atoms with Crippen LogP contribution < -0.4 is 10.6 Å². The molecule has 246 valence electrons. The zero-order valence-corrected chi connectivity index (χ0v) is 28.3. The Morgan fingerprint density at radius 2 is 1.43 bits per heavy atom. The number of hydrogen-bond acceptors (Lipinski definition) is 5. The van der Waals surface area contributed by atoms with Gasteiger partial charge in [-0.3, -0.25) is 14.4 Å². The first kappa shape index (κ1) is 35.8. The fraction of sp³-hybridized carbons (Fsp3) is 0.405. The van der Waals surface area contributed by atoms with Gasteiger partial charge in [0.1, 0.15) is 17.7 Å². The number of amides is 4. The van der Waals surface area contributed by atoms with Crippen molar-refractivity contribution >= 4 is 34.6 Å². The van der Waals surface area contributed by atoms with E-state index >= 15 is 0 Å². The van der Waals surface area contributed by atoms with Gasteiger partial charge in [0.05, 0.1) is 0 Å². The first-order chi connectivity index (χ1) is 21.6. The predicted molar refractivity (Wildman–Crippen MR) is 182 cm³/mol. The number of ether oxygens (including phenoxy) is 1. The molecule has 0 aromatic heterocycles. The number of nitrogens with one attached hydrogen (secondary N) is 2. The van der Waals surface area contributed by atoms with Gasteiger partial charge in [-0.25, -0.2) is 4.79 Å². The van der Waals surface area contributed by atoms with Crippen LogP contribution in [-0.4, -0.2) is 78.0 Å². The first-order valence-corrected chi connectivity index (χ1v) is 15.5. The van der Waals surface area contributed by atoms with Crippen molar-refractivity contribution in [1.29, 1.82) is 0 Å². The highest BCUT2D eigenvalue weighted by Gasteiger charge is 2.35. The zero-order valence-electron chi connectivity index (χ0n) is 28.3. The number of benzene rings is 3. The summed E-state index contributed by atoms with van der Waals surface area (Å²) in [7, 11) is 4.76. The summed E-state index contributed by atoms with van der Waals surface area (Å²) < 4.78 is 5.37. The number of carbonyl (C=O) groups excluding carboxylic acids is 4. The van der Waals surface area contributed by atoms with E-state index in [9.17, 15) is 19.2 Å². The fourth-order valence-corrected chi connectivity index (χ4v) is 5.22. The Bertz CT molecular complexity index is 1540. The molecule has 0 radical (unpaired) electrons. The largest absolute Gasteiger partial charge is 0.444 e. The van der Waals surface area contributed by atoms with Gasteiger partial charge in [-0.2, -0.15) is 0 Å². The standard InChI is InChI=1S/C37H48N4O5/c1-36(2,3)46-35(45)39-37(4,5)23-15-22-32(42)40(7)31(25-28-20-14-19-27-18-12-13-21-29(27)28)34(44)41(8)30(33(43)38-6)24-26-16-10-9-11-17-26/h9-22,30-31H,23-25H2,1-8H3,(H,38,43)(H,39,45)/t30?,31-/m1/s1. The maximum Gasteiger partial charge on any atom is 0.408 e. The third kappa shape index (κ3) is 10.2. The number of rotatable bonds is 12. The lowest BCUT2D eigenvalue weighted by Crippen LogP contribution is -2.55. The Morgan fingerprint density at radius 1 is 0.804 bits per heavy atom. The second-order valence-corrected chi connectivity index (χ2v) is 13.2. The molecule has 0 saturated carbocycles. The molecule has 0 spiro atoms. The first-order valence-electron chi connectivity index (χ1n) is 15.5. The van der Waals surface area contributed by atoms with Gasteiger partial charge in [0, 0.05) is 39.5 Å². The van der Waals surface area contributed by atoms with Crippen molar-refractivity contribution in [2.75, 3.05) is 21.1 Å². The number of fused-ring (bicyclic) bond motifs is 1. The lowest BCUT2D eigenvalue weighted by atomic mass is 9.96. The summed E-state index contributed by atoms with van der Waals surface area (Å²) >= 11 is 0. The van der Waals surface area contributed by atoms with Crippen LogP contribution in [0.25, 0.3) is 10.8 Å². The van der Waals surface area contributed by atoms with Crippen molar-refractivity contribution in [3.8, 4) is 0 Å². The van der Waals surface area contributed by atoms with Gasteiger partial charge >= 0.3 is 6.09 Å². The smallest absolute Gasteiger partial charge is 0.408 e. The minimum atomic E-state index is -0.899. The fourth-order valence-electron chi connectivity index (χ4n) is 5.22. The Kier molecular flexibility index (Phi) is 12.1. The van der Waals surface area contributed by atoms with Gasteiger partial charge in [0.15, 0.2) is 0 Å². The molecule has 1 unspecified atom stereocenters. The van der Waals surface area contributed by atoms with E-state index in [1.807, 2.05) is 86.6 Å². The SMILES string of the molecule is CNC(=O)C(Cc1ccccc1)N(C)C(=O)[C@@H](Cc1cccc2ccccc12)N(C)C(=O)C=CCC(C)(C)NC(=O)OC(C)(C)C. The number of carbonyl (C=O) groups is 4. The van der Waals surface area contributed by atoms with E-state index in [1.165, 1.54) is 15.9 Å². The minimum Gasteiger partial charge on any atom is -0.444 e. The van der Waals surface area contributed by atoms with Crippen LogP contribution in [0.4, 0.5) is 4.79 Å². The average molecular weight is 629 g/mol. The molecule has 46 heavy (non-hydrogen) atoms. The van der Waals surface area contributed by atoms with E-state index in [2.05, 4.69) is 10.6 Å². The van der Waals surface area contributed by atoms with Crippen LogP contribution in [0.2, 0.25) is 0 Å². The molecule has 2 atom stereocenters. The molecule has 3 aromatic rings.